The average Bonchev–Trinajstić information content (AvgIpc) is 2.41. The maximum absolute atomic E-state index is 3.78. The first kappa shape index (κ1) is 17.0. The molecule has 1 aliphatic rings. The molecule has 0 atom stereocenters. The summed E-state index contributed by atoms with van der Waals surface area (Å²) in [7, 11) is 0. The third-order valence-corrected chi connectivity index (χ3v) is 3.47. The van der Waals surface area contributed by atoms with Gasteiger partial charge in [-0.3, -0.25) is 0 Å². The maximum Gasteiger partial charge on any atom is 0.0362 e. The van der Waals surface area contributed by atoms with Gasteiger partial charge in [0.2, 0.25) is 0 Å². The molecule has 0 aromatic rings. The van der Waals surface area contributed by atoms with Crippen molar-refractivity contribution in [3.8, 4) is 0 Å². The van der Waals surface area contributed by atoms with Crippen molar-refractivity contribution in [1.29, 1.82) is 0 Å². The Kier molecular flexibility index (Phi) is 9.45. The summed E-state index contributed by atoms with van der Waals surface area (Å²) < 4.78 is 0. The number of piperidine rings is 1. The van der Waals surface area contributed by atoms with Crippen molar-refractivity contribution in [2.75, 3.05) is 13.1 Å². The molecule has 104 valence electrons. The van der Waals surface area contributed by atoms with E-state index in [1.54, 1.807) is 0 Å². The molecule has 0 spiro atoms. The Bertz CT molecular complexity index is 265. The van der Waals surface area contributed by atoms with Gasteiger partial charge in [-0.15, -0.1) is 0 Å². The molecule has 1 heteroatoms. The maximum atomic E-state index is 3.78. The van der Waals surface area contributed by atoms with Gasteiger partial charge in [0, 0.05) is 18.8 Å². The largest absolute Gasteiger partial charge is 0.372 e. The van der Waals surface area contributed by atoms with Gasteiger partial charge in [-0.25, -0.2) is 0 Å². The Balaban J connectivity index is 0.00000137. The summed E-state index contributed by atoms with van der Waals surface area (Å²) in [5.74, 6) is 1.74. The second-order valence-electron chi connectivity index (χ2n) is 4.90. The van der Waals surface area contributed by atoms with Crippen LogP contribution in [0.4, 0.5) is 0 Å². The lowest BCUT2D eigenvalue weighted by molar-refractivity contribution is 0.194. The van der Waals surface area contributed by atoms with Crippen LogP contribution in [0.2, 0.25) is 0 Å². The Morgan fingerprint density at radius 3 is 2.17 bits per heavy atom. The third kappa shape index (κ3) is 5.57. The molecule has 0 saturated carbocycles. The van der Waals surface area contributed by atoms with Crippen molar-refractivity contribution in [3.63, 3.8) is 0 Å². The van der Waals surface area contributed by atoms with E-state index in [9.17, 15) is 0 Å². The zero-order valence-corrected chi connectivity index (χ0v) is 12.9. The first-order valence-corrected chi connectivity index (χ1v) is 7.39. The summed E-state index contributed by atoms with van der Waals surface area (Å²) in [4.78, 5) is 2.47. The number of hydrogen-bond donors (Lipinski definition) is 0. The van der Waals surface area contributed by atoms with Crippen LogP contribution in [0.25, 0.3) is 0 Å². The lowest BCUT2D eigenvalue weighted by atomic mass is 9.86. The van der Waals surface area contributed by atoms with Crippen molar-refractivity contribution >= 4 is 0 Å². The van der Waals surface area contributed by atoms with Gasteiger partial charge in [0.25, 0.3) is 0 Å². The molecule has 18 heavy (non-hydrogen) atoms. The SMILES string of the molecule is C=C/C=C(\C=C/C)N1CCC(C(C)C)CC1.CC. The molecule has 1 rings (SSSR count). The molecule has 1 saturated heterocycles. The standard InChI is InChI=1S/C15H25N.C2H6/c1-5-7-15(8-6-2)16-11-9-14(10-12-16)13(3)4;1-2/h5-8,13-14H,1,9-12H2,2-4H3;1-2H3/b8-6-,15-7+;. The molecular weight excluding hydrogens is 218 g/mol. The van der Waals surface area contributed by atoms with E-state index in [2.05, 4.69) is 50.5 Å². The van der Waals surface area contributed by atoms with E-state index >= 15 is 0 Å². The molecule has 1 fully saturated rings. The van der Waals surface area contributed by atoms with E-state index in [0.29, 0.717) is 0 Å². The Morgan fingerprint density at radius 1 is 1.22 bits per heavy atom. The molecule has 0 aromatic carbocycles. The van der Waals surface area contributed by atoms with Crippen LogP contribution in [-0.2, 0) is 0 Å². The topological polar surface area (TPSA) is 3.24 Å². The van der Waals surface area contributed by atoms with Gasteiger partial charge in [0.15, 0.2) is 0 Å². The monoisotopic (exact) mass is 249 g/mol. The minimum Gasteiger partial charge on any atom is -0.372 e. The first-order valence-electron chi connectivity index (χ1n) is 7.39. The molecule has 1 heterocycles. The highest BCUT2D eigenvalue weighted by Crippen LogP contribution is 2.26. The molecule has 0 aliphatic carbocycles. The van der Waals surface area contributed by atoms with E-state index in [1.807, 2.05) is 19.9 Å². The first-order chi connectivity index (χ1) is 8.69. The number of rotatable bonds is 4. The zero-order chi connectivity index (χ0) is 14.0. The Morgan fingerprint density at radius 2 is 1.78 bits per heavy atom. The quantitative estimate of drug-likeness (QED) is 0.632. The molecule has 1 nitrogen and oxygen atoms in total. The van der Waals surface area contributed by atoms with E-state index in [1.165, 1.54) is 31.6 Å². The molecule has 0 amide bonds. The van der Waals surface area contributed by atoms with Gasteiger partial charge < -0.3 is 4.90 Å². The van der Waals surface area contributed by atoms with Crippen LogP contribution in [-0.4, -0.2) is 18.0 Å². The fourth-order valence-corrected chi connectivity index (χ4v) is 2.38. The van der Waals surface area contributed by atoms with Crippen molar-refractivity contribution < 1.29 is 0 Å². The van der Waals surface area contributed by atoms with Crippen molar-refractivity contribution in [2.24, 2.45) is 11.8 Å². The highest BCUT2D eigenvalue weighted by atomic mass is 15.1. The van der Waals surface area contributed by atoms with Crippen LogP contribution in [0.1, 0.15) is 47.5 Å². The molecular formula is C17H31N. The highest BCUT2D eigenvalue weighted by molar-refractivity contribution is 5.22. The van der Waals surface area contributed by atoms with Crippen LogP contribution in [0.5, 0.6) is 0 Å². The Labute approximate surface area is 114 Å². The summed E-state index contributed by atoms with van der Waals surface area (Å²) in [5.41, 5.74) is 1.31. The van der Waals surface area contributed by atoms with E-state index in [0.717, 1.165) is 11.8 Å². The van der Waals surface area contributed by atoms with Gasteiger partial charge in [0.1, 0.15) is 0 Å². The van der Waals surface area contributed by atoms with Gasteiger partial charge in [-0.1, -0.05) is 46.4 Å². The van der Waals surface area contributed by atoms with Crippen molar-refractivity contribution in [1.82, 2.24) is 4.90 Å². The minimum absolute atomic E-state index is 0.829. The number of likely N-dealkylation sites (tertiary alicyclic amines) is 1. The molecule has 0 bridgehead atoms. The van der Waals surface area contributed by atoms with Gasteiger partial charge in [0.05, 0.1) is 0 Å². The highest BCUT2D eigenvalue weighted by Gasteiger charge is 2.21. The van der Waals surface area contributed by atoms with Crippen molar-refractivity contribution in [2.45, 2.75) is 47.5 Å². The lowest BCUT2D eigenvalue weighted by Crippen LogP contribution is -2.34. The van der Waals surface area contributed by atoms with Crippen LogP contribution in [0.15, 0.2) is 36.6 Å². The summed E-state index contributed by atoms with van der Waals surface area (Å²) in [6, 6.07) is 0. The van der Waals surface area contributed by atoms with Crippen LogP contribution < -0.4 is 0 Å². The predicted octanol–water partition coefficient (Wildman–Crippen LogP) is 5.03. The predicted molar refractivity (Wildman–Crippen MR) is 83.6 cm³/mol. The normalized spacial score (nSPS) is 17.9. The van der Waals surface area contributed by atoms with E-state index in [-0.39, 0.29) is 0 Å². The lowest BCUT2D eigenvalue weighted by Gasteiger charge is -2.35. The molecule has 0 radical (unpaired) electrons. The average molecular weight is 249 g/mol. The molecule has 0 N–H and O–H groups in total. The van der Waals surface area contributed by atoms with Crippen LogP contribution in [0, 0.1) is 11.8 Å². The van der Waals surface area contributed by atoms with E-state index < -0.39 is 0 Å². The van der Waals surface area contributed by atoms with Crippen molar-refractivity contribution in [3.05, 3.63) is 36.6 Å². The van der Waals surface area contributed by atoms with Crippen LogP contribution in [0.3, 0.4) is 0 Å². The van der Waals surface area contributed by atoms with Gasteiger partial charge >= 0.3 is 0 Å². The molecule has 1 aliphatic heterocycles. The summed E-state index contributed by atoms with van der Waals surface area (Å²) in [5, 5.41) is 0. The minimum atomic E-state index is 0.829. The Hall–Kier alpha value is -0.980. The third-order valence-electron chi connectivity index (χ3n) is 3.47. The molecule has 0 aromatic heterocycles. The smallest absolute Gasteiger partial charge is 0.0362 e. The number of nitrogens with zero attached hydrogens (tertiary/aromatic N) is 1. The summed E-state index contributed by atoms with van der Waals surface area (Å²) >= 11 is 0. The van der Waals surface area contributed by atoms with Gasteiger partial charge in [-0.05, 0) is 43.8 Å². The summed E-state index contributed by atoms with van der Waals surface area (Å²) in [6.45, 7) is 16.9. The fourth-order valence-electron chi connectivity index (χ4n) is 2.38. The number of hydrogen-bond acceptors (Lipinski definition) is 1. The van der Waals surface area contributed by atoms with Crippen LogP contribution >= 0.6 is 0 Å². The summed E-state index contributed by atoms with van der Waals surface area (Å²) in [6.07, 6.45) is 10.9. The molecule has 0 unspecified atom stereocenters. The second kappa shape index (κ2) is 9.99. The second-order valence-corrected chi connectivity index (χ2v) is 4.90. The zero-order valence-electron chi connectivity index (χ0n) is 12.9. The number of allylic oxidation sites excluding steroid dienone is 4. The fraction of sp³-hybridized carbons (Fsp3) is 0.647. The van der Waals surface area contributed by atoms with Gasteiger partial charge in [-0.2, -0.15) is 0 Å². The van der Waals surface area contributed by atoms with E-state index in [4.69, 9.17) is 0 Å².